The molecule has 1 fully saturated rings. The number of fused-ring (bicyclic) bond motifs is 1. The maximum absolute atomic E-state index is 13.5. The lowest BCUT2D eigenvalue weighted by atomic mass is 9.92. The van der Waals surface area contributed by atoms with Crippen molar-refractivity contribution >= 4 is 40.2 Å². The molecular formula is C20H16Cl2F2N2O2. The third kappa shape index (κ3) is 4.13. The van der Waals surface area contributed by atoms with E-state index in [-0.39, 0.29) is 12.8 Å². The molecule has 2 aromatic carbocycles. The smallest absolute Gasteiger partial charge is 0.251 e. The molecule has 1 amide bonds. The van der Waals surface area contributed by atoms with Crippen LogP contribution in [0.1, 0.15) is 36.0 Å². The summed E-state index contributed by atoms with van der Waals surface area (Å²) in [6.45, 7) is 0. The van der Waals surface area contributed by atoms with Gasteiger partial charge in [0.25, 0.3) is 5.91 Å². The van der Waals surface area contributed by atoms with E-state index < -0.39 is 17.9 Å². The maximum Gasteiger partial charge on any atom is 0.251 e. The Morgan fingerprint density at radius 2 is 1.93 bits per heavy atom. The molecule has 0 saturated heterocycles. The summed E-state index contributed by atoms with van der Waals surface area (Å²) < 4.78 is 32.8. The third-order valence-electron chi connectivity index (χ3n) is 4.74. The molecule has 8 heteroatoms. The number of amides is 1. The SMILES string of the molecule is O=C(NC1CCCC(F)(F)C1)c1ccc2nc(-c3cc(Cl)cc(Cl)c3)oc2c1. The Hall–Kier alpha value is -2.18. The van der Waals surface area contributed by atoms with Gasteiger partial charge < -0.3 is 9.73 Å². The molecule has 1 aliphatic rings. The van der Waals surface area contributed by atoms with Crippen LogP contribution in [0.25, 0.3) is 22.6 Å². The van der Waals surface area contributed by atoms with E-state index in [9.17, 15) is 13.6 Å². The van der Waals surface area contributed by atoms with Crippen LogP contribution in [0.2, 0.25) is 10.0 Å². The Bertz CT molecular complexity index is 1030. The zero-order valence-corrected chi connectivity index (χ0v) is 16.2. The van der Waals surface area contributed by atoms with Gasteiger partial charge in [0.2, 0.25) is 11.8 Å². The minimum absolute atomic E-state index is 0.125. The Morgan fingerprint density at radius 1 is 1.18 bits per heavy atom. The average molecular weight is 425 g/mol. The predicted molar refractivity (Wildman–Crippen MR) is 104 cm³/mol. The van der Waals surface area contributed by atoms with Crippen molar-refractivity contribution in [2.45, 2.75) is 37.6 Å². The minimum Gasteiger partial charge on any atom is -0.436 e. The molecular weight excluding hydrogens is 409 g/mol. The predicted octanol–water partition coefficient (Wildman–Crippen LogP) is 6.11. The molecule has 1 aromatic heterocycles. The second-order valence-corrected chi connectivity index (χ2v) is 7.86. The normalized spacial score (nSPS) is 18.9. The number of carbonyl (C=O) groups is 1. The van der Waals surface area contributed by atoms with Gasteiger partial charge in [-0.1, -0.05) is 23.2 Å². The van der Waals surface area contributed by atoms with Gasteiger partial charge in [-0.3, -0.25) is 4.79 Å². The summed E-state index contributed by atoms with van der Waals surface area (Å²) in [7, 11) is 0. The van der Waals surface area contributed by atoms with Crippen molar-refractivity contribution in [2.24, 2.45) is 0 Å². The Labute approximate surface area is 169 Å². The summed E-state index contributed by atoms with van der Waals surface area (Å²) >= 11 is 12.0. The molecule has 1 atom stereocenters. The van der Waals surface area contributed by atoms with Crippen LogP contribution in [0.3, 0.4) is 0 Å². The largest absolute Gasteiger partial charge is 0.436 e. The van der Waals surface area contributed by atoms with Crippen LogP contribution < -0.4 is 5.32 Å². The van der Waals surface area contributed by atoms with Crippen molar-refractivity contribution in [3.8, 4) is 11.5 Å². The fourth-order valence-electron chi connectivity index (χ4n) is 3.43. The summed E-state index contributed by atoms with van der Waals surface area (Å²) in [5, 5.41) is 3.60. The highest BCUT2D eigenvalue weighted by Gasteiger charge is 2.36. The highest BCUT2D eigenvalue weighted by molar-refractivity contribution is 6.35. The minimum atomic E-state index is -2.72. The molecule has 1 unspecified atom stereocenters. The van der Waals surface area contributed by atoms with Crippen LogP contribution in [-0.2, 0) is 0 Å². The number of halogens is 4. The number of hydrogen-bond donors (Lipinski definition) is 1. The van der Waals surface area contributed by atoms with Crippen LogP contribution in [-0.4, -0.2) is 22.9 Å². The van der Waals surface area contributed by atoms with Crippen molar-refractivity contribution < 1.29 is 18.0 Å². The first-order chi connectivity index (χ1) is 13.3. The van der Waals surface area contributed by atoms with Crippen molar-refractivity contribution in [2.75, 3.05) is 0 Å². The van der Waals surface area contributed by atoms with Gasteiger partial charge in [-0.2, -0.15) is 0 Å². The van der Waals surface area contributed by atoms with Crippen molar-refractivity contribution in [1.29, 1.82) is 0 Å². The highest BCUT2D eigenvalue weighted by Crippen LogP contribution is 2.33. The molecule has 1 N–H and O–H groups in total. The van der Waals surface area contributed by atoms with Gasteiger partial charge in [-0.25, -0.2) is 13.8 Å². The molecule has 4 nitrogen and oxygen atoms in total. The van der Waals surface area contributed by atoms with Crippen LogP contribution in [0.5, 0.6) is 0 Å². The standard InChI is InChI=1S/C20H16Cl2F2N2O2/c21-13-6-12(7-14(22)9-13)19-26-16-4-3-11(8-17(16)28-19)18(27)25-15-2-1-5-20(23,24)10-15/h3-4,6-9,15H,1-2,5,10H2,(H,25,27). The van der Waals surface area contributed by atoms with Gasteiger partial charge in [-0.05, 0) is 49.2 Å². The van der Waals surface area contributed by atoms with Gasteiger partial charge in [0.05, 0.1) is 0 Å². The lowest BCUT2D eigenvalue weighted by Gasteiger charge is -2.29. The van der Waals surface area contributed by atoms with Crippen LogP contribution in [0, 0.1) is 0 Å². The van der Waals surface area contributed by atoms with E-state index in [1.165, 1.54) is 0 Å². The Balaban J connectivity index is 1.57. The molecule has 146 valence electrons. The molecule has 0 bridgehead atoms. The lowest BCUT2D eigenvalue weighted by molar-refractivity contribution is -0.0429. The number of nitrogens with zero attached hydrogens (tertiary/aromatic N) is 1. The summed E-state index contributed by atoms with van der Waals surface area (Å²) in [4.78, 5) is 16.9. The first kappa shape index (κ1) is 19.2. The number of aromatic nitrogens is 1. The molecule has 0 radical (unpaired) electrons. The van der Waals surface area contributed by atoms with E-state index in [1.54, 1.807) is 36.4 Å². The van der Waals surface area contributed by atoms with Gasteiger partial charge in [-0.15, -0.1) is 0 Å². The number of alkyl halides is 2. The van der Waals surface area contributed by atoms with E-state index in [4.69, 9.17) is 27.6 Å². The molecule has 3 aromatic rings. The monoisotopic (exact) mass is 424 g/mol. The molecule has 1 saturated carbocycles. The summed E-state index contributed by atoms with van der Waals surface area (Å²) in [5.74, 6) is -2.81. The van der Waals surface area contributed by atoms with Gasteiger partial charge in [0.1, 0.15) is 5.52 Å². The van der Waals surface area contributed by atoms with Crippen molar-refractivity contribution in [1.82, 2.24) is 10.3 Å². The van der Waals surface area contributed by atoms with Crippen molar-refractivity contribution in [3.63, 3.8) is 0 Å². The van der Waals surface area contributed by atoms with Gasteiger partial charge in [0, 0.05) is 40.1 Å². The van der Waals surface area contributed by atoms with E-state index in [0.29, 0.717) is 51.0 Å². The van der Waals surface area contributed by atoms with E-state index in [0.717, 1.165) is 0 Å². The summed E-state index contributed by atoms with van der Waals surface area (Å²) in [6, 6.07) is 9.21. The van der Waals surface area contributed by atoms with E-state index >= 15 is 0 Å². The fourth-order valence-corrected chi connectivity index (χ4v) is 3.96. The second-order valence-electron chi connectivity index (χ2n) is 6.98. The van der Waals surface area contributed by atoms with Crippen LogP contribution in [0.15, 0.2) is 40.8 Å². The molecule has 28 heavy (non-hydrogen) atoms. The maximum atomic E-state index is 13.5. The average Bonchev–Trinajstić information content (AvgIpc) is 3.03. The first-order valence-electron chi connectivity index (χ1n) is 8.85. The van der Waals surface area contributed by atoms with Crippen LogP contribution >= 0.6 is 23.2 Å². The Morgan fingerprint density at radius 3 is 2.64 bits per heavy atom. The zero-order chi connectivity index (χ0) is 19.9. The number of benzene rings is 2. The van der Waals surface area contributed by atoms with E-state index in [1.807, 2.05) is 0 Å². The van der Waals surface area contributed by atoms with Gasteiger partial charge in [0.15, 0.2) is 5.58 Å². The topological polar surface area (TPSA) is 55.1 Å². The van der Waals surface area contributed by atoms with E-state index in [2.05, 4.69) is 10.3 Å². The fraction of sp³-hybridized carbons (Fsp3) is 0.300. The van der Waals surface area contributed by atoms with Crippen molar-refractivity contribution in [3.05, 3.63) is 52.0 Å². The molecule has 0 aliphatic heterocycles. The first-order valence-corrected chi connectivity index (χ1v) is 9.60. The Kier molecular flexibility index (Phi) is 5.02. The number of rotatable bonds is 3. The quantitative estimate of drug-likeness (QED) is 0.551. The number of carbonyl (C=O) groups excluding carboxylic acids is 1. The molecule has 1 aliphatic carbocycles. The number of oxazole rings is 1. The second kappa shape index (κ2) is 7.33. The summed E-state index contributed by atoms with van der Waals surface area (Å²) in [5.41, 5.74) is 1.91. The zero-order valence-electron chi connectivity index (χ0n) is 14.6. The highest BCUT2D eigenvalue weighted by atomic mass is 35.5. The molecule has 1 heterocycles. The molecule has 0 spiro atoms. The van der Waals surface area contributed by atoms with Gasteiger partial charge >= 0.3 is 0 Å². The number of hydrogen-bond acceptors (Lipinski definition) is 3. The molecule has 4 rings (SSSR count). The van der Waals surface area contributed by atoms with Crippen LogP contribution in [0.4, 0.5) is 8.78 Å². The third-order valence-corrected chi connectivity index (χ3v) is 5.17. The number of nitrogens with one attached hydrogen (secondary N) is 1. The summed E-state index contributed by atoms with van der Waals surface area (Å²) in [6.07, 6.45) is 0.485. The lowest BCUT2D eigenvalue weighted by Crippen LogP contribution is -2.42.